The first-order chi connectivity index (χ1) is 16.5. The van der Waals surface area contributed by atoms with Crippen LogP contribution in [0, 0.1) is 23.2 Å². The molecule has 4 fully saturated rings. The first-order valence-corrected chi connectivity index (χ1v) is 12.5. The molecule has 0 spiro atoms. The lowest BCUT2D eigenvalue weighted by molar-refractivity contribution is -0.333. The summed E-state index contributed by atoms with van der Waals surface area (Å²) in [4.78, 5) is 25.4. The van der Waals surface area contributed by atoms with E-state index in [1.54, 1.807) is 6.92 Å². The number of hydrogen-bond donors (Lipinski definition) is 1. The van der Waals surface area contributed by atoms with Crippen molar-refractivity contribution in [3.8, 4) is 0 Å². The van der Waals surface area contributed by atoms with Gasteiger partial charge in [-0.2, -0.15) is 47.9 Å². The lowest BCUT2D eigenvalue weighted by Gasteiger charge is -2.42. The molecule has 214 valence electrons. The van der Waals surface area contributed by atoms with Crippen LogP contribution in [-0.4, -0.2) is 59.9 Å². The predicted molar refractivity (Wildman–Crippen MR) is 103 cm³/mol. The van der Waals surface area contributed by atoms with Crippen molar-refractivity contribution in [3.63, 3.8) is 0 Å². The zero-order valence-corrected chi connectivity index (χ0v) is 20.1. The van der Waals surface area contributed by atoms with Crippen molar-refractivity contribution in [3.05, 3.63) is 0 Å². The minimum absolute atomic E-state index is 0.0839. The summed E-state index contributed by atoms with van der Waals surface area (Å²) in [7, 11) is -7.68. The van der Waals surface area contributed by atoms with Crippen LogP contribution in [0.3, 0.4) is 0 Å². The topological polar surface area (TPSA) is 107 Å². The number of carbonyl (C=O) groups is 2. The highest BCUT2D eigenvalue weighted by Crippen LogP contribution is 2.69. The molecule has 7 nitrogen and oxygen atoms in total. The fraction of sp³-hybridized carbons (Fsp3) is 0.900. The Balaban J connectivity index is 2.06. The van der Waals surface area contributed by atoms with Crippen molar-refractivity contribution < 1.29 is 71.5 Å². The molecule has 17 heteroatoms. The third-order valence-electron chi connectivity index (χ3n) is 7.85. The van der Waals surface area contributed by atoms with Gasteiger partial charge in [-0.25, -0.2) is 0 Å². The molecule has 0 aliphatic heterocycles. The van der Waals surface area contributed by atoms with Crippen LogP contribution in [0.15, 0.2) is 0 Å². The summed E-state index contributed by atoms with van der Waals surface area (Å²) >= 11 is 0. The van der Waals surface area contributed by atoms with Crippen molar-refractivity contribution in [2.45, 2.75) is 87.4 Å². The van der Waals surface area contributed by atoms with Crippen LogP contribution in [0.1, 0.15) is 52.4 Å². The molecule has 4 saturated carbocycles. The van der Waals surface area contributed by atoms with Crippen LogP contribution < -0.4 is 0 Å². The van der Waals surface area contributed by atoms with Gasteiger partial charge in [0.05, 0.1) is 11.3 Å². The van der Waals surface area contributed by atoms with Crippen LogP contribution in [0.2, 0.25) is 0 Å². The van der Waals surface area contributed by atoms with E-state index in [0.29, 0.717) is 6.42 Å². The van der Waals surface area contributed by atoms with E-state index in [-0.39, 0.29) is 25.7 Å². The van der Waals surface area contributed by atoms with E-state index in [2.05, 4.69) is 4.74 Å². The maximum Gasteiger partial charge on any atom is 0.427 e. The van der Waals surface area contributed by atoms with Crippen LogP contribution in [0.5, 0.6) is 0 Å². The Morgan fingerprint density at radius 2 is 1.54 bits per heavy atom. The van der Waals surface area contributed by atoms with Gasteiger partial charge in [0.25, 0.3) is 10.1 Å². The Bertz CT molecular complexity index is 1040. The number of halogens is 9. The molecule has 0 aromatic carbocycles. The second-order valence-electron chi connectivity index (χ2n) is 10.2. The van der Waals surface area contributed by atoms with Gasteiger partial charge >= 0.3 is 35.2 Å². The monoisotopic (exact) mass is 578 g/mol. The molecule has 0 aromatic rings. The van der Waals surface area contributed by atoms with Gasteiger partial charge in [-0.05, 0) is 43.9 Å². The summed E-state index contributed by atoms with van der Waals surface area (Å²) in [5.41, 5.74) is -3.42. The maximum atomic E-state index is 13.7. The molecule has 0 heterocycles. The molecule has 4 aliphatic rings. The van der Waals surface area contributed by atoms with Gasteiger partial charge in [-0.15, -0.1) is 0 Å². The zero-order chi connectivity index (χ0) is 28.6. The number of carbonyl (C=O) groups excluding carboxylic acids is 2. The molecular formula is C20H23F9O7S. The Kier molecular flexibility index (Phi) is 6.93. The second-order valence-corrected chi connectivity index (χ2v) is 11.8. The second kappa shape index (κ2) is 8.61. The molecule has 0 radical (unpaired) electrons. The lowest BCUT2D eigenvalue weighted by Crippen LogP contribution is -2.73. The fourth-order valence-electron chi connectivity index (χ4n) is 6.23. The number of alkyl halides is 9. The summed E-state index contributed by atoms with van der Waals surface area (Å²) in [5.74, 6) is -4.77. The minimum Gasteiger partial charge on any atom is -0.459 e. The van der Waals surface area contributed by atoms with Gasteiger partial charge in [0, 0.05) is 6.42 Å². The summed E-state index contributed by atoms with van der Waals surface area (Å²) in [6.45, 7) is 3.19. The summed E-state index contributed by atoms with van der Waals surface area (Å²) in [6, 6.07) is 0. The average Bonchev–Trinajstić information content (AvgIpc) is 3.05. The highest BCUT2D eigenvalue weighted by Gasteiger charge is 2.88. The Morgan fingerprint density at radius 1 is 1.00 bits per heavy atom. The first-order valence-electron chi connectivity index (χ1n) is 11.1. The van der Waals surface area contributed by atoms with E-state index in [4.69, 9.17) is 9.29 Å². The van der Waals surface area contributed by atoms with E-state index in [9.17, 15) is 57.5 Å². The van der Waals surface area contributed by atoms with Gasteiger partial charge in [-0.1, -0.05) is 13.8 Å². The third kappa shape index (κ3) is 4.46. The normalized spacial score (nSPS) is 31.8. The van der Waals surface area contributed by atoms with Crippen LogP contribution in [0.4, 0.5) is 39.5 Å². The van der Waals surface area contributed by atoms with E-state index in [1.807, 2.05) is 0 Å². The molecule has 1 N–H and O–H groups in total. The third-order valence-corrected chi connectivity index (χ3v) is 9.34. The van der Waals surface area contributed by atoms with Crippen LogP contribution in [-0.2, 0) is 29.2 Å². The standard InChI is InChI=1S/C20H23F9O7S/c1-3-9(2)12(30)36-15-5-10-4-11(7-15)16(6-10,8-15)14(31)35-13(18(21,22)23)17(19(24,25)26,20(27,28)29)37(32,33)34/h9-11,13H,3-8H2,1-2H3,(H,32,33,34). The molecule has 0 aromatic heterocycles. The molecule has 37 heavy (non-hydrogen) atoms. The van der Waals surface area contributed by atoms with E-state index in [0.717, 1.165) is 0 Å². The molecule has 6 atom stereocenters. The maximum absolute atomic E-state index is 13.7. The first kappa shape index (κ1) is 29.8. The fourth-order valence-corrected chi connectivity index (χ4v) is 7.27. The molecular weight excluding hydrogens is 555 g/mol. The van der Waals surface area contributed by atoms with Gasteiger partial charge in [0.1, 0.15) is 5.60 Å². The van der Waals surface area contributed by atoms with Crippen molar-refractivity contribution in [2.75, 3.05) is 0 Å². The van der Waals surface area contributed by atoms with Crippen molar-refractivity contribution in [2.24, 2.45) is 23.2 Å². The summed E-state index contributed by atoms with van der Waals surface area (Å²) < 4.78 is 157. The van der Waals surface area contributed by atoms with Gasteiger partial charge in [-0.3, -0.25) is 14.1 Å². The van der Waals surface area contributed by atoms with Crippen LogP contribution in [0.25, 0.3) is 0 Å². The average molecular weight is 578 g/mol. The predicted octanol–water partition coefficient (Wildman–Crippen LogP) is 4.75. The van der Waals surface area contributed by atoms with Gasteiger partial charge in [0.15, 0.2) is 0 Å². The van der Waals surface area contributed by atoms with E-state index in [1.165, 1.54) is 6.92 Å². The quantitative estimate of drug-likeness (QED) is 0.264. The van der Waals surface area contributed by atoms with Crippen molar-refractivity contribution >= 4 is 22.1 Å². The van der Waals surface area contributed by atoms with Crippen LogP contribution >= 0.6 is 0 Å². The molecule has 4 bridgehead atoms. The summed E-state index contributed by atoms with van der Waals surface area (Å²) in [5, 5.41) is 0. The Hall–Kier alpha value is -1.78. The molecule has 6 unspecified atom stereocenters. The summed E-state index contributed by atoms with van der Waals surface area (Å²) in [6.07, 6.45) is -26.9. The van der Waals surface area contributed by atoms with Crippen molar-refractivity contribution in [1.29, 1.82) is 0 Å². The molecule has 4 aliphatic carbocycles. The molecule has 0 amide bonds. The zero-order valence-electron chi connectivity index (χ0n) is 19.3. The number of hydrogen-bond acceptors (Lipinski definition) is 6. The SMILES string of the molecule is CCC(C)C(=O)OC12CC3CC(C1)C(C(=O)OC(C(F)(F)F)C(C(F)(F)F)(C(F)(F)F)S(=O)(=O)O)(C3)C2. The van der Waals surface area contributed by atoms with E-state index >= 15 is 0 Å². The highest BCUT2D eigenvalue weighted by atomic mass is 32.2. The number of rotatable bonds is 7. The Labute approximate surface area is 204 Å². The van der Waals surface area contributed by atoms with Gasteiger partial charge in [0.2, 0.25) is 6.10 Å². The van der Waals surface area contributed by atoms with E-state index < -0.39 is 86.6 Å². The van der Waals surface area contributed by atoms with Gasteiger partial charge < -0.3 is 9.47 Å². The number of ether oxygens (including phenoxy) is 2. The largest absolute Gasteiger partial charge is 0.459 e. The smallest absolute Gasteiger partial charge is 0.427 e. The lowest BCUT2D eigenvalue weighted by atomic mass is 9.73. The number of esters is 2. The minimum atomic E-state index is -7.68. The molecule has 0 saturated heterocycles. The molecule has 4 rings (SSSR count). The highest BCUT2D eigenvalue weighted by molar-refractivity contribution is 7.87. The Morgan fingerprint density at radius 3 is 1.97 bits per heavy atom. The van der Waals surface area contributed by atoms with Crippen molar-refractivity contribution in [1.82, 2.24) is 0 Å².